The topological polar surface area (TPSA) is 38.4 Å². The van der Waals surface area contributed by atoms with E-state index in [9.17, 15) is 0 Å². The highest BCUT2D eigenvalue weighted by Crippen LogP contribution is 2.21. The minimum absolute atomic E-state index is 0.301. The van der Waals surface area contributed by atoms with Gasteiger partial charge in [-0.15, -0.1) is 0 Å². The summed E-state index contributed by atoms with van der Waals surface area (Å²) in [5, 5.41) is 0. The third-order valence-electron chi connectivity index (χ3n) is 2.42. The van der Waals surface area contributed by atoms with Crippen LogP contribution in [0.5, 0.6) is 0 Å². The Labute approximate surface area is 85.9 Å². The van der Waals surface area contributed by atoms with Crippen LogP contribution in [-0.2, 0) is 0 Å². The van der Waals surface area contributed by atoms with E-state index in [-0.39, 0.29) is 0 Å². The second-order valence-electron chi connectivity index (χ2n) is 3.91. The third-order valence-corrected chi connectivity index (χ3v) is 2.42. The van der Waals surface area contributed by atoms with Crippen molar-refractivity contribution in [2.45, 2.75) is 27.7 Å². The Kier molecular flexibility index (Phi) is 3.28. The van der Waals surface area contributed by atoms with Crippen LogP contribution in [0.1, 0.15) is 25.0 Å². The van der Waals surface area contributed by atoms with Crippen LogP contribution in [0.3, 0.4) is 0 Å². The summed E-state index contributed by atoms with van der Waals surface area (Å²) in [4.78, 5) is 4.41. The molecule has 2 heteroatoms. The van der Waals surface area contributed by atoms with Crippen molar-refractivity contribution in [1.82, 2.24) is 0 Å². The number of rotatable bonds is 2. The lowest BCUT2D eigenvalue weighted by Gasteiger charge is -2.07. The van der Waals surface area contributed by atoms with Crippen molar-refractivity contribution >= 4 is 11.5 Å². The van der Waals surface area contributed by atoms with Gasteiger partial charge in [0.1, 0.15) is 5.84 Å². The highest BCUT2D eigenvalue weighted by atomic mass is 14.9. The third kappa shape index (κ3) is 2.34. The molecule has 0 spiro atoms. The predicted octanol–water partition coefficient (Wildman–Crippen LogP) is 2.95. The van der Waals surface area contributed by atoms with Gasteiger partial charge in [0, 0.05) is 5.92 Å². The first-order valence-corrected chi connectivity index (χ1v) is 4.92. The molecule has 0 saturated heterocycles. The van der Waals surface area contributed by atoms with E-state index in [4.69, 9.17) is 5.73 Å². The van der Waals surface area contributed by atoms with Gasteiger partial charge in [0.2, 0.25) is 0 Å². The zero-order valence-corrected chi connectivity index (χ0v) is 9.33. The number of benzene rings is 1. The van der Waals surface area contributed by atoms with Crippen LogP contribution in [0, 0.1) is 19.8 Å². The Morgan fingerprint density at radius 2 is 1.93 bits per heavy atom. The molecule has 0 fully saturated rings. The number of hydrogen-bond acceptors (Lipinski definition) is 1. The Bertz CT molecular complexity index is 351. The molecule has 0 amide bonds. The molecule has 0 aliphatic carbocycles. The molecule has 0 heterocycles. The van der Waals surface area contributed by atoms with Gasteiger partial charge < -0.3 is 5.73 Å². The highest BCUT2D eigenvalue weighted by molar-refractivity contribution is 5.85. The standard InChI is InChI=1S/C12H18N2/c1-8(2)12(13)14-11-7-5-6-9(3)10(11)4/h5-8H,1-4H3,(H2,13,14). The van der Waals surface area contributed by atoms with Crippen LogP contribution >= 0.6 is 0 Å². The summed E-state index contributed by atoms with van der Waals surface area (Å²) in [5.74, 6) is 0.994. The summed E-state index contributed by atoms with van der Waals surface area (Å²) in [6.07, 6.45) is 0. The van der Waals surface area contributed by atoms with Crippen molar-refractivity contribution in [2.75, 3.05) is 0 Å². The summed E-state index contributed by atoms with van der Waals surface area (Å²) in [6.45, 7) is 8.25. The average molecular weight is 190 g/mol. The van der Waals surface area contributed by atoms with Crippen LogP contribution in [0.4, 0.5) is 5.69 Å². The number of aryl methyl sites for hydroxylation is 1. The van der Waals surface area contributed by atoms with Gasteiger partial charge in [0.05, 0.1) is 5.69 Å². The molecule has 0 aliphatic rings. The van der Waals surface area contributed by atoms with E-state index >= 15 is 0 Å². The number of nitrogens with zero attached hydrogens (tertiary/aromatic N) is 1. The fourth-order valence-electron chi connectivity index (χ4n) is 1.12. The van der Waals surface area contributed by atoms with Gasteiger partial charge in [-0.05, 0) is 31.0 Å². The SMILES string of the molecule is Cc1cccc(N=C(N)C(C)C)c1C. The van der Waals surface area contributed by atoms with Gasteiger partial charge in [-0.2, -0.15) is 0 Å². The summed E-state index contributed by atoms with van der Waals surface area (Å²) in [6, 6.07) is 6.09. The second kappa shape index (κ2) is 4.27. The van der Waals surface area contributed by atoms with E-state index in [2.05, 4.69) is 24.9 Å². The van der Waals surface area contributed by atoms with Crippen LogP contribution in [0.15, 0.2) is 23.2 Å². The maximum absolute atomic E-state index is 5.82. The Hall–Kier alpha value is -1.31. The zero-order chi connectivity index (χ0) is 10.7. The lowest BCUT2D eigenvalue weighted by Crippen LogP contribution is -2.18. The van der Waals surface area contributed by atoms with E-state index in [0.717, 1.165) is 5.69 Å². The van der Waals surface area contributed by atoms with Gasteiger partial charge in [-0.1, -0.05) is 26.0 Å². The van der Waals surface area contributed by atoms with Crippen molar-refractivity contribution < 1.29 is 0 Å². The van der Waals surface area contributed by atoms with E-state index in [1.54, 1.807) is 0 Å². The molecule has 2 nitrogen and oxygen atoms in total. The molecule has 76 valence electrons. The minimum atomic E-state index is 0.301. The quantitative estimate of drug-likeness (QED) is 0.565. The maximum Gasteiger partial charge on any atom is 0.102 e. The van der Waals surface area contributed by atoms with Gasteiger partial charge in [-0.25, -0.2) is 4.99 Å². The van der Waals surface area contributed by atoms with Gasteiger partial charge in [0.25, 0.3) is 0 Å². The molecule has 14 heavy (non-hydrogen) atoms. The molecule has 2 N–H and O–H groups in total. The van der Waals surface area contributed by atoms with Crippen LogP contribution in [0.25, 0.3) is 0 Å². The fourth-order valence-corrected chi connectivity index (χ4v) is 1.12. The number of amidine groups is 1. The average Bonchev–Trinajstić information content (AvgIpc) is 2.12. The van der Waals surface area contributed by atoms with Crippen molar-refractivity contribution in [3.05, 3.63) is 29.3 Å². The molecule has 1 aromatic carbocycles. The van der Waals surface area contributed by atoms with Crippen LogP contribution in [-0.4, -0.2) is 5.84 Å². The molecule has 0 radical (unpaired) electrons. The molecule has 0 unspecified atom stereocenters. The first-order chi connectivity index (χ1) is 6.52. The predicted molar refractivity (Wildman–Crippen MR) is 62.0 cm³/mol. The molecule has 0 bridgehead atoms. The van der Waals surface area contributed by atoms with Crippen molar-refractivity contribution in [1.29, 1.82) is 0 Å². The molecule has 0 saturated carbocycles. The van der Waals surface area contributed by atoms with Gasteiger partial charge in [0.15, 0.2) is 0 Å². The monoisotopic (exact) mass is 190 g/mol. The van der Waals surface area contributed by atoms with E-state index in [1.807, 2.05) is 26.0 Å². The fraction of sp³-hybridized carbons (Fsp3) is 0.417. The minimum Gasteiger partial charge on any atom is -0.387 e. The Balaban J connectivity index is 3.09. The summed E-state index contributed by atoms with van der Waals surface area (Å²) < 4.78 is 0. The molecule has 0 atom stereocenters. The highest BCUT2D eigenvalue weighted by Gasteiger charge is 2.02. The Morgan fingerprint density at radius 3 is 2.50 bits per heavy atom. The summed E-state index contributed by atoms with van der Waals surface area (Å²) in [7, 11) is 0. The molecule has 0 aliphatic heterocycles. The largest absolute Gasteiger partial charge is 0.387 e. The van der Waals surface area contributed by atoms with Crippen LogP contribution < -0.4 is 5.73 Å². The summed E-state index contributed by atoms with van der Waals surface area (Å²) in [5.41, 5.74) is 9.26. The molecule has 1 rings (SSSR count). The normalized spacial score (nSPS) is 12.2. The zero-order valence-electron chi connectivity index (χ0n) is 9.33. The Morgan fingerprint density at radius 1 is 1.29 bits per heavy atom. The second-order valence-corrected chi connectivity index (χ2v) is 3.91. The van der Waals surface area contributed by atoms with E-state index in [1.165, 1.54) is 11.1 Å². The smallest absolute Gasteiger partial charge is 0.102 e. The lowest BCUT2D eigenvalue weighted by molar-refractivity contribution is 0.872. The van der Waals surface area contributed by atoms with E-state index < -0.39 is 0 Å². The molecular weight excluding hydrogens is 172 g/mol. The first-order valence-electron chi connectivity index (χ1n) is 4.92. The lowest BCUT2D eigenvalue weighted by atomic mass is 10.1. The maximum atomic E-state index is 5.82. The van der Waals surface area contributed by atoms with Crippen molar-refractivity contribution in [2.24, 2.45) is 16.6 Å². The number of nitrogens with two attached hydrogens (primary N) is 1. The van der Waals surface area contributed by atoms with E-state index in [0.29, 0.717) is 11.8 Å². The molecule has 1 aromatic rings. The van der Waals surface area contributed by atoms with Crippen LogP contribution in [0.2, 0.25) is 0 Å². The first kappa shape index (κ1) is 10.8. The van der Waals surface area contributed by atoms with Gasteiger partial charge in [-0.3, -0.25) is 0 Å². The summed E-state index contributed by atoms with van der Waals surface area (Å²) >= 11 is 0. The van der Waals surface area contributed by atoms with Crippen molar-refractivity contribution in [3.63, 3.8) is 0 Å². The van der Waals surface area contributed by atoms with Gasteiger partial charge >= 0.3 is 0 Å². The molecule has 0 aromatic heterocycles. The number of aliphatic imine (C=N–C) groups is 1. The number of hydrogen-bond donors (Lipinski definition) is 1. The molecular formula is C12H18N2. The van der Waals surface area contributed by atoms with Crippen molar-refractivity contribution in [3.8, 4) is 0 Å².